The highest BCUT2D eigenvalue weighted by atomic mass is 19.3. The van der Waals surface area contributed by atoms with Crippen molar-refractivity contribution in [2.75, 3.05) is 116 Å². The van der Waals surface area contributed by atoms with Crippen molar-refractivity contribution in [3.05, 3.63) is 150 Å². The number of aromatic nitrogens is 12. The highest BCUT2D eigenvalue weighted by Crippen LogP contribution is 2.31. The number of nitrogens with zero attached hydrogens (tertiary/aromatic N) is 16. The van der Waals surface area contributed by atoms with E-state index in [1.54, 1.807) is 46.5 Å². The van der Waals surface area contributed by atoms with Crippen LogP contribution < -0.4 is 52.1 Å². The summed E-state index contributed by atoms with van der Waals surface area (Å²) in [5.74, 6) is 2.03. The summed E-state index contributed by atoms with van der Waals surface area (Å²) in [5, 5.41) is 26.4. The molecule has 0 radical (unpaired) electrons. The molecule has 31 nitrogen and oxygen atoms in total. The van der Waals surface area contributed by atoms with Gasteiger partial charge < -0.3 is 64.3 Å². The van der Waals surface area contributed by atoms with E-state index in [1.807, 2.05) is 74.4 Å². The summed E-state index contributed by atoms with van der Waals surface area (Å²) in [6, 6.07) is 7.43. The Morgan fingerprint density at radius 2 is 0.748 bits per heavy atom. The normalized spacial score (nSPS) is 19.5. The largest absolute Gasteiger partial charge is 0.497 e. The second-order valence-corrected chi connectivity index (χ2v) is 28.5. The van der Waals surface area contributed by atoms with E-state index < -0.39 is 37.6 Å². The molecule has 6 aliphatic rings. The average Bonchev–Trinajstić information content (AvgIpc) is 1.85. The number of anilines is 6. The number of nitrogens with one attached hydrogen (secondary N) is 5. The molecule has 13 rings (SSSR count). The van der Waals surface area contributed by atoms with E-state index in [-0.39, 0.29) is 87.3 Å². The average molecular weight is 1550 g/mol. The van der Waals surface area contributed by atoms with Crippen LogP contribution in [0.3, 0.4) is 0 Å². The van der Waals surface area contributed by atoms with Crippen LogP contribution in [-0.4, -0.2) is 233 Å². The number of piperidine rings is 3. The lowest BCUT2D eigenvalue weighted by atomic mass is 10.0. The third-order valence-electron chi connectivity index (χ3n) is 20.7. The third-order valence-corrected chi connectivity index (χ3v) is 20.7. The number of hydrogen-bond acceptors (Lipinski definition) is 25. The Bertz CT molecular complexity index is 4230. The highest BCUT2D eigenvalue weighted by Gasteiger charge is 2.42. The van der Waals surface area contributed by atoms with Gasteiger partial charge in [0.15, 0.2) is 0 Å². The van der Waals surface area contributed by atoms with Crippen LogP contribution in [0.15, 0.2) is 94.4 Å². The number of aromatic amines is 2. The van der Waals surface area contributed by atoms with Gasteiger partial charge in [-0.3, -0.25) is 28.8 Å². The van der Waals surface area contributed by atoms with Crippen LogP contribution in [0.1, 0.15) is 137 Å². The van der Waals surface area contributed by atoms with E-state index in [4.69, 9.17) is 18.9 Å². The van der Waals surface area contributed by atoms with Crippen molar-refractivity contribution in [2.24, 2.45) is 0 Å². The predicted molar refractivity (Wildman–Crippen MR) is 399 cm³/mol. The van der Waals surface area contributed by atoms with Crippen LogP contribution >= 0.6 is 0 Å². The lowest BCUT2D eigenvalue weighted by molar-refractivity contribution is -0.140. The van der Waals surface area contributed by atoms with Crippen molar-refractivity contribution in [1.82, 2.24) is 74.8 Å². The minimum absolute atomic E-state index is 0.00260. The van der Waals surface area contributed by atoms with Gasteiger partial charge in [0.2, 0.25) is 17.8 Å². The van der Waals surface area contributed by atoms with E-state index >= 15 is 0 Å². The first-order chi connectivity index (χ1) is 53.4. The number of benzene rings is 1. The fourth-order valence-corrected chi connectivity index (χ4v) is 14.2. The van der Waals surface area contributed by atoms with Gasteiger partial charge in [0.1, 0.15) is 24.1 Å². The van der Waals surface area contributed by atoms with Crippen molar-refractivity contribution < 1.29 is 59.7 Å². The number of carbonyl (C=O) groups is 3. The summed E-state index contributed by atoms with van der Waals surface area (Å²) in [6.45, 7) is 18.1. The Morgan fingerprint density at radius 1 is 0.432 bits per heavy atom. The molecule has 6 fully saturated rings. The number of alkyl halides is 6. The van der Waals surface area contributed by atoms with Crippen molar-refractivity contribution >= 4 is 52.6 Å². The van der Waals surface area contributed by atoms with Crippen LogP contribution in [-0.2, 0) is 35.1 Å². The summed E-state index contributed by atoms with van der Waals surface area (Å²) in [7, 11) is 1.61. The molecule has 6 saturated heterocycles. The van der Waals surface area contributed by atoms with Crippen molar-refractivity contribution in [1.29, 1.82) is 0 Å². The number of carbonyl (C=O) groups excluding carboxylic acids is 3. The number of likely N-dealkylation sites (tertiary alicyclic amines) is 3. The molecule has 5 N–H and O–H groups in total. The number of methoxy groups -OCH3 is 1. The standard InChI is InChI=1S/C30H37F2N7O4.2C22H29F2N7O3/c1-19(36-25-16-35-39(28(40)20(25)2)17-21-4-6-24(42-3)7-5-21)18-43-26-10-13-38(29(26)41)23-8-11-37(12-9-23)30-33-14-22(15-34-30)27(31)32;2*1-13(28-17-11-27-29-20(32)14(17)2)12-34-18-5-8-31(21(18)33)16-3-6-30(7-4-16)22-25-9-15(10-26-22)19(23)24/h4-7,14-16,19,23,26-27,36H,8-13,17-18H2,1-3H3;2*9-11,13,16,18-19H,3-8,12H2,1-2H3,(H2,28,29,32)/t19-,26?;13-,18+;13-,18-/m000/s1. The number of halogens is 6. The van der Waals surface area contributed by atoms with Crippen LogP contribution in [0.2, 0.25) is 0 Å². The molecular formula is C74H95F6N21O10. The van der Waals surface area contributed by atoms with Gasteiger partial charge in [0.25, 0.3) is 53.7 Å². The lowest BCUT2D eigenvalue weighted by Crippen LogP contribution is -2.47. The molecule has 1 aromatic carbocycles. The Balaban J connectivity index is 0.000000167. The number of rotatable bonds is 27. The number of hydrogen-bond donors (Lipinski definition) is 5. The first-order valence-corrected chi connectivity index (χ1v) is 37.3. The zero-order valence-electron chi connectivity index (χ0n) is 63.0. The van der Waals surface area contributed by atoms with Crippen molar-refractivity contribution in [3.63, 3.8) is 0 Å². The van der Waals surface area contributed by atoms with E-state index in [0.29, 0.717) is 156 Å². The number of H-pyrrole nitrogens is 2. The molecule has 1 unspecified atom stereocenters. The maximum Gasteiger partial charge on any atom is 0.272 e. The second-order valence-electron chi connectivity index (χ2n) is 28.5. The van der Waals surface area contributed by atoms with Gasteiger partial charge in [-0.25, -0.2) is 71.1 Å². The van der Waals surface area contributed by atoms with E-state index in [0.717, 1.165) is 87.0 Å². The zero-order chi connectivity index (χ0) is 79.0. The van der Waals surface area contributed by atoms with E-state index in [2.05, 4.69) is 71.3 Å². The van der Waals surface area contributed by atoms with Crippen molar-refractivity contribution in [3.8, 4) is 5.75 Å². The smallest absolute Gasteiger partial charge is 0.272 e. The van der Waals surface area contributed by atoms with E-state index in [1.165, 1.54) is 4.68 Å². The van der Waals surface area contributed by atoms with E-state index in [9.17, 15) is 55.1 Å². The summed E-state index contributed by atoms with van der Waals surface area (Å²) in [6.07, 6.45) is 8.88. The van der Waals surface area contributed by atoms with Gasteiger partial charge >= 0.3 is 0 Å². The quantitative estimate of drug-likeness (QED) is 0.0317. The molecule has 0 bridgehead atoms. The fraction of sp³-hybridized carbons (Fsp3) is 0.554. The second kappa shape index (κ2) is 38.0. The van der Waals surface area contributed by atoms with Gasteiger partial charge in [-0.2, -0.15) is 15.3 Å². The molecule has 6 atom stereocenters. The molecule has 0 aliphatic carbocycles. The van der Waals surface area contributed by atoms with Gasteiger partial charge in [0.05, 0.1) is 85.8 Å². The molecule has 6 aliphatic heterocycles. The SMILES string of the molecule is COc1ccc(Cn2ncc(N[C@@H](C)COC3CCN(C4CCN(c5ncc(C(F)F)cn5)CC4)C3=O)c(C)c2=O)cc1.Cc1c(N[C@@H](C)CO[C@@H]2CCN(C3CCN(c4ncc(C(F)F)cn4)CC3)C2=O)cn[nH]c1=O.Cc1c(N[C@@H](C)CO[C@H]2CCN(C3CCN(c4ncc(C(F)F)cn4)CC3)C2=O)cn[nH]c1=O. The Morgan fingerprint density at radius 3 is 1.05 bits per heavy atom. The minimum Gasteiger partial charge on any atom is -0.497 e. The molecule has 3 amide bonds. The fourth-order valence-electron chi connectivity index (χ4n) is 14.2. The topological polar surface area (TPSA) is 347 Å². The lowest BCUT2D eigenvalue weighted by Gasteiger charge is -2.36. The first kappa shape index (κ1) is 81.6. The summed E-state index contributed by atoms with van der Waals surface area (Å²) >= 11 is 0. The minimum atomic E-state index is -2.59. The Hall–Kier alpha value is -10.4. The molecule has 12 heterocycles. The van der Waals surface area contributed by atoms with Crippen LogP contribution in [0.4, 0.5) is 61.2 Å². The van der Waals surface area contributed by atoms with Gasteiger partial charge in [-0.1, -0.05) is 12.1 Å². The highest BCUT2D eigenvalue weighted by molar-refractivity contribution is 5.84. The third kappa shape index (κ3) is 21.0. The Kier molecular flexibility index (Phi) is 27.9. The maximum atomic E-state index is 13.2. The van der Waals surface area contributed by atoms with Crippen LogP contribution in [0.5, 0.6) is 5.75 Å². The zero-order valence-corrected chi connectivity index (χ0v) is 63.0. The summed E-state index contributed by atoms with van der Waals surface area (Å²) < 4.78 is 101. The Labute approximate surface area is 636 Å². The summed E-state index contributed by atoms with van der Waals surface area (Å²) in [5.41, 5.74) is 3.23. The maximum absolute atomic E-state index is 13.2. The molecule has 598 valence electrons. The van der Waals surface area contributed by atoms with Gasteiger partial charge in [-0.15, -0.1) is 0 Å². The molecular weight excluding hydrogens is 1460 g/mol. The molecule has 0 spiro atoms. The molecule has 0 saturated carbocycles. The molecule has 111 heavy (non-hydrogen) atoms. The number of ether oxygens (including phenoxy) is 4. The van der Waals surface area contributed by atoms with Crippen LogP contribution in [0.25, 0.3) is 0 Å². The van der Waals surface area contributed by atoms with Crippen LogP contribution in [0, 0.1) is 20.8 Å². The molecule has 37 heteroatoms. The van der Waals surface area contributed by atoms with Gasteiger partial charge in [0, 0.05) is 168 Å². The first-order valence-electron chi connectivity index (χ1n) is 37.3. The molecule has 7 aromatic rings. The van der Waals surface area contributed by atoms with Gasteiger partial charge in [-0.05, 0) is 97.8 Å². The molecule has 6 aromatic heterocycles. The monoisotopic (exact) mass is 1550 g/mol. The predicted octanol–water partition coefficient (Wildman–Crippen LogP) is 7.21. The van der Waals surface area contributed by atoms with Crippen molar-refractivity contribution in [2.45, 2.75) is 180 Å². The summed E-state index contributed by atoms with van der Waals surface area (Å²) in [4.78, 5) is 111. The number of amides is 3.